The zero-order valence-electron chi connectivity index (χ0n) is 15.0. The fraction of sp³-hybridized carbons (Fsp3) is 0.556. The maximum atomic E-state index is 13.0. The number of rotatable bonds is 3. The Morgan fingerprint density at radius 2 is 1.96 bits per heavy atom. The van der Waals surface area contributed by atoms with Crippen molar-refractivity contribution in [1.82, 2.24) is 30.0 Å². The molecule has 138 valence electrons. The lowest BCUT2D eigenvalue weighted by molar-refractivity contribution is -0.0543. The molecule has 1 amide bonds. The molecule has 2 aliphatic rings. The number of likely N-dealkylation sites (N-methyl/N-ethyl adjacent to an activating group) is 1. The zero-order chi connectivity index (χ0) is 18.0. The van der Waals surface area contributed by atoms with E-state index in [0.717, 1.165) is 56.8 Å². The highest BCUT2D eigenvalue weighted by Gasteiger charge is 2.42. The van der Waals surface area contributed by atoms with Gasteiger partial charge in [0.05, 0.1) is 6.54 Å². The average molecular weight is 356 g/mol. The van der Waals surface area contributed by atoms with Gasteiger partial charge in [0.25, 0.3) is 5.91 Å². The minimum absolute atomic E-state index is 0.0617. The van der Waals surface area contributed by atoms with Crippen LogP contribution in [0.2, 0.25) is 0 Å². The van der Waals surface area contributed by atoms with Gasteiger partial charge in [0.1, 0.15) is 6.33 Å². The first-order chi connectivity index (χ1) is 12.7. The third-order valence-corrected chi connectivity index (χ3v) is 5.65. The van der Waals surface area contributed by atoms with E-state index in [1.165, 1.54) is 0 Å². The molecular formula is C18H24N6O2. The molecule has 1 aromatic carbocycles. The number of amides is 1. The smallest absolute Gasteiger partial charge is 0.253 e. The minimum atomic E-state index is 0.0617. The summed E-state index contributed by atoms with van der Waals surface area (Å²) in [6, 6.07) is 7.73. The Morgan fingerprint density at radius 3 is 2.65 bits per heavy atom. The number of piperazine rings is 1. The van der Waals surface area contributed by atoms with E-state index < -0.39 is 0 Å². The second-order valence-electron chi connectivity index (χ2n) is 7.19. The quantitative estimate of drug-likeness (QED) is 0.804. The Kier molecular flexibility index (Phi) is 4.69. The van der Waals surface area contributed by atoms with Gasteiger partial charge in [-0.05, 0) is 48.0 Å². The average Bonchev–Trinajstić information content (AvgIpc) is 3.18. The van der Waals surface area contributed by atoms with Gasteiger partial charge in [0.15, 0.2) is 0 Å². The summed E-state index contributed by atoms with van der Waals surface area (Å²) < 4.78 is 7.19. The molecule has 1 aromatic heterocycles. The van der Waals surface area contributed by atoms with Gasteiger partial charge < -0.3 is 9.64 Å². The summed E-state index contributed by atoms with van der Waals surface area (Å²) in [5.74, 6) is 0.109. The lowest BCUT2D eigenvalue weighted by Gasteiger charge is -2.51. The summed E-state index contributed by atoms with van der Waals surface area (Å²) >= 11 is 0. The molecular weight excluding hydrogens is 332 g/mol. The molecule has 2 saturated heterocycles. The standard InChI is InChI=1S/C18H24N6O2/c1-22-8-9-23(13-18(22)6-10-26-11-7-18)17(25)16-4-2-15(3-5-16)12-24-14-19-20-21-24/h2-5,14H,6-13H2,1H3. The van der Waals surface area contributed by atoms with Crippen LogP contribution in [0.3, 0.4) is 0 Å². The molecule has 2 aromatic rings. The Labute approximate surface area is 152 Å². The predicted molar refractivity (Wildman–Crippen MR) is 94.7 cm³/mol. The van der Waals surface area contributed by atoms with Gasteiger partial charge in [-0.3, -0.25) is 9.69 Å². The van der Waals surface area contributed by atoms with Crippen LogP contribution in [0.1, 0.15) is 28.8 Å². The Bertz CT molecular complexity index is 740. The normalized spacial score (nSPS) is 20.4. The number of hydrogen-bond acceptors (Lipinski definition) is 6. The summed E-state index contributed by atoms with van der Waals surface area (Å²) in [5, 5.41) is 11.1. The van der Waals surface area contributed by atoms with E-state index in [9.17, 15) is 4.79 Å². The number of tetrazole rings is 1. The summed E-state index contributed by atoms with van der Waals surface area (Å²) in [6.45, 7) is 4.60. The van der Waals surface area contributed by atoms with Crippen molar-refractivity contribution < 1.29 is 9.53 Å². The molecule has 0 saturated carbocycles. The number of hydrogen-bond donors (Lipinski definition) is 0. The van der Waals surface area contributed by atoms with Gasteiger partial charge in [-0.25, -0.2) is 4.68 Å². The van der Waals surface area contributed by atoms with Gasteiger partial charge >= 0.3 is 0 Å². The fourth-order valence-electron chi connectivity index (χ4n) is 3.90. The number of nitrogens with zero attached hydrogens (tertiary/aromatic N) is 6. The third kappa shape index (κ3) is 3.34. The van der Waals surface area contributed by atoms with Crippen molar-refractivity contribution in [3.8, 4) is 0 Å². The molecule has 8 heteroatoms. The lowest BCUT2D eigenvalue weighted by Crippen LogP contribution is -2.63. The van der Waals surface area contributed by atoms with Crippen molar-refractivity contribution in [2.24, 2.45) is 0 Å². The van der Waals surface area contributed by atoms with Crippen molar-refractivity contribution in [2.75, 3.05) is 39.9 Å². The Morgan fingerprint density at radius 1 is 1.19 bits per heavy atom. The SMILES string of the molecule is CN1CCN(C(=O)c2ccc(Cn3cnnn3)cc2)CC12CCOCC2. The summed E-state index contributed by atoms with van der Waals surface area (Å²) in [6.07, 6.45) is 3.55. The molecule has 0 bridgehead atoms. The zero-order valence-corrected chi connectivity index (χ0v) is 15.0. The van der Waals surface area contributed by atoms with Crippen LogP contribution in [0.5, 0.6) is 0 Å². The largest absolute Gasteiger partial charge is 0.381 e. The topological polar surface area (TPSA) is 76.4 Å². The number of carbonyl (C=O) groups is 1. The Hall–Kier alpha value is -2.32. The van der Waals surface area contributed by atoms with Crippen LogP contribution in [0, 0.1) is 0 Å². The molecule has 0 atom stereocenters. The number of benzene rings is 1. The summed E-state index contributed by atoms with van der Waals surface area (Å²) in [4.78, 5) is 17.4. The van der Waals surface area contributed by atoms with Crippen LogP contribution in [0.15, 0.2) is 30.6 Å². The molecule has 3 heterocycles. The highest BCUT2D eigenvalue weighted by molar-refractivity contribution is 5.94. The van der Waals surface area contributed by atoms with Crippen LogP contribution in [-0.4, -0.2) is 81.3 Å². The van der Waals surface area contributed by atoms with Gasteiger partial charge in [-0.2, -0.15) is 0 Å². The van der Waals surface area contributed by atoms with Crippen LogP contribution >= 0.6 is 0 Å². The highest BCUT2D eigenvalue weighted by Crippen LogP contribution is 2.31. The van der Waals surface area contributed by atoms with Crippen molar-refractivity contribution in [3.05, 3.63) is 41.7 Å². The van der Waals surface area contributed by atoms with E-state index in [1.54, 1.807) is 11.0 Å². The molecule has 4 rings (SSSR count). The molecule has 0 radical (unpaired) electrons. The number of carbonyl (C=O) groups excluding carboxylic acids is 1. The molecule has 26 heavy (non-hydrogen) atoms. The van der Waals surface area contributed by atoms with E-state index in [-0.39, 0.29) is 11.4 Å². The van der Waals surface area contributed by atoms with E-state index in [1.807, 2.05) is 29.2 Å². The van der Waals surface area contributed by atoms with Crippen molar-refractivity contribution >= 4 is 5.91 Å². The highest BCUT2D eigenvalue weighted by atomic mass is 16.5. The van der Waals surface area contributed by atoms with Gasteiger partial charge in [-0.15, -0.1) is 5.10 Å². The van der Waals surface area contributed by atoms with Gasteiger partial charge in [0.2, 0.25) is 0 Å². The fourth-order valence-corrected chi connectivity index (χ4v) is 3.90. The molecule has 0 aliphatic carbocycles. The minimum Gasteiger partial charge on any atom is -0.381 e. The molecule has 2 fully saturated rings. The molecule has 8 nitrogen and oxygen atoms in total. The first-order valence-electron chi connectivity index (χ1n) is 9.04. The van der Waals surface area contributed by atoms with Gasteiger partial charge in [0, 0.05) is 44.0 Å². The lowest BCUT2D eigenvalue weighted by atomic mass is 9.85. The van der Waals surface area contributed by atoms with Crippen molar-refractivity contribution in [3.63, 3.8) is 0 Å². The van der Waals surface area contributed by atoms with E-state index in [2.05, 4.69) is 27.5 Å². The van der Waals surface area contributed by atoms with Crippen molar-refractivity contribution in [2.45, 2.75) is 24.9 Å². The second kappa shape index (κ2) is 7.13. The molecule has 0 unspecified atom stereocenters. The maximum Gasteiger partial charge on any atom is 0.253 e. The van der Waals surface area contributed by atoms with Gasteiger partial charge in [-0.1, -0.05) is 12.1 Å². The number of ether oxygens (including phenoxy) is 1. The van der Waals surface area contributed by atoms with Crippen LogP contribution in [-0.2, 0) is 11.3 Å². The van der Waals surface area contributed by atoms with Crippen LogP contribution < -0.4 is 0 Å². The predicted octanol–water partition coefficient (Wildman–Crippen LogP) is 0.658. The van der Waals surface area contributed by atoms with E-state index in [4.69, 9.17) is 4.74 Å². The van der Waals surface area contributed by atoms with E-state index >= 15 is 0 Å². The van der Waals surface area contributed by atoms with Crippen molar-refractivity contribution in [1.29, 1.82) is 0 Å². The summed E-state index contributed by atoms with van der Waals surface area (Å²) in [5.41, 5.74) is 1.86. The molecule has 0 N–H and O–H groups in total. The summed E-state index contributed by atoms with van der Waals surface area (Å²) in [7, 11) is 2.17. The van der Waals surface area contributed by atoms with Crippen LogP contribution in [0.25, 0.3) is 0 Å². The Balaban J connectivity index is 1.45. The molecule has 2 aliphatic heterocycles. The van der Waals surface area contributed by atoms with E-state index in [0.29, 0.717) is 6.54 Å². The monoisotopic (exact) mass is 356 g/mol. The first-order valence-corrected chi connectivity index (χ1v) is 9.04. The third-order valence-electron chi connectivity index (χ3n) is 5.65. The molecule has 1 spiro atoms. The maximum absolute atomic E-state index is 13.0. The number of aromatic nitrogens is 4. The first kappa shape index (κ1) is 17.1. The second-order valence-corrected chi connectivity index (χ2v) is 7.19. The van der Waals surface area contributed by atoms with Crippen LogP contribution in [0.4, 0.5) is 0 Å².